The number of aryl methyl sites for hydroxylation is 2. The van der Waals surface area contributed by atoms with Crippen LogP contribution in [0.1, 0.15) is 82.8 Å². The van der Waals surface area contributed by atoms with Gasteiger partial charge in [-0.25, -0.2) is 24.4 Å². The largest absolute Gasteiger partial charge is 0.444 e. The minimum Gasteiger partial charge on any atom is -0.444 e. The molecule has 4 saturated heterocycles. The number of urea groups is 2. The Labute approximate surface area is 469 Å². The molecule has 6 heterocycles. The van der Waals surface area contributed by atoms with E-state index in [0.717, 1.165) is 58.1 Å². The second-order valence-corrected chi connectivity index (χ2v) is 21.9. The van der Waals surface area contributed by atoms with Crippen LogP contribution in [0.15, 0.2) is 60.7 Å². The molecular weight excluding hydrogens is 1060 g/mol. The van der Waals surface area contributed by atoms with Crippen LogP contribution < -0.4 is 31.5 Å². The van der Waals surface area contributed by atoms with E-state index in [9.17, 15) is 40.7 Å². The number of amides is 5. The number of hydrogen-bond acceptors (Lipinski definition) is 11. The first-order valence-electron chi connectivity index (χ1n) is 27.2. The highest BCUT2D eigenvalue weighted by Crippen LogP contribution is 2.35. The molecule has 2 unspecified atom stereocenters. The van der Waals surface area contributed by atoms with Gasteiger partial charge in [-0.15, -0.1) is 0 Å². The van der Waals surface area contributed by atoms with Crippen LogP contribution in [-0.4, -0.2) is 147 Å². The van der Waals surface area contributed by atoms with Crippen molar-refractivity contribution in [3.05, 3.63) is 83.2 Å². The predicted octanol–water partition coefficient (Wildman–Crippen LogP) is 10.4. The molecule has 0 spiro atoms. The van der Waals surface area contributed by atoms with Gasteiger partial charge in [0.15, 0.2) is 0 Å². The average Bonchev–Trinajstić information content (AvgIpc) is 4.13. The van der Waals surface area contributed by atoms with Crippen molar-refractivity contribution < 1.29 is 54.9 Å². The molecule has 2 aromatic heterocycles. The Bertz CT molecular complexity index is 2990. The molecule has 0 bridgehead atoms. The fourth-order valence-corrected chi connectivity index (χ4v) is 9.72. The molecule has 4 aliphatic rings. The number of carbonyl (C=O) groups excluding carboxylic acids is 3. The maximum absolute atomic E-state index is 12.9. The molecule has 4 atom stereocenters. The number of aromatic nitrogens is 2. The van der Waals surface area contributed by atoms with E-state index < -0.39 is 66.8 Å². The molecular formula is C59H72F6N10O6. The number of nitrogens with one attached hydrogen (secondary N) is 3. The number of nitrogens with two attached hydrogens (primary N) is 1. The average molecular weight is 1130 g/mol. The molecule has 81 heavy (non-hydrogen) atoms. The van der Waals surface area contributed by atoms with Crippen molar-refractivity contribution in [3.8, 4) is 45.9 Å². The van der Waals surface area contributed by atoms with Crippen LogP contribution >= 0.6 is 0 Å². The zero-order valence-electron chi connectivity index (χ0n) is 46.9. The fraction of sp³-hybridized carbons (Fsp3) is 0.508. The second-order valence-electron chi connectivity index (χ2n) is 21.9. The number of pyridine rings is 2. The van der Waals surface area contributed by atoms with Gasteiger partial charge >= 0.3 is 30.5 Å². The molecule has 436 valence electrons. The molecule has 5 amide bonds. The van der Waals surface area contributed by atoms with Crippen molar-refractivity contribution in [2.75, 3.05) is 99.2 Å². The van der Waals surface area contributed by atoms with Gasteiger partial charge in [-0.3, -0.25) is 0 Å². The summed E-state index contributed by atoms with van der Waals surface area (Å²) in [5.74, 6) is 12.5. The van der Waals surface area contributed by atoms with Crippen LogP contribution in [0.3, 0.4) is 0 Å². The third-order valence-electron chi connectivity index (χ3n) is 13.7. The minimum absolute atomic E-state index is 0.0700. The predicted molar refractivity (Wildman–Crippen MR) is 300 cm³/mol. The molecule has 2 aromatic carbocycles. The first-order valence-corrected chi connectivity index (χ1v) is 27.2. The number of likely N-dealkylation sites (tertiary alicyclic amines) is 2. The van der Waals surface area contributed by atoms with Gasteiger partial charge < -0.3 is 55.5 Å². The van der Waals surface area contributed by atoms with E-state index in [2.05, 4.69) is 49.4 Å². The number of halogens is 6. The number of morpholine rings is 2. The molecule has 0 aliphatic carbocycles. The summed E-state index contributed by atoms with van der Waals surface area (Å²) >= 11 is 0. The van der Waals surface area contributed by atoms with Gasteiger partial charge in [-0.05, 0) is 167 Å². The number of alkyl carbamates (subject to hydrolysis) is 1. The molecule has 16 nitrogen and oxygen atoms in total. The van der Waals surface area contributed by atoms with Crippen LogP contribution in [0.25, 0.3) is 22.3 Å². The van der Waals surface area contributed by atoms with E-state index in [1.54, 1.807) is 39.8 Å². The first kappa shape index (κ1) is 61.4. The van der Waals surface area contributed by atoms with E-state index >= 15 is 0 Å². The normalized spacial score (nSPS) is 18.3. The van der Waals surface area contributed by atoms with Crippen molar-refractivity contribution in [1.29, 1.82) is 0 Å². The summed E-state index contributed by atoms with van der Waals surface area (Å²) in [5.41, 5.74) is 12.8. The number of anilines is 4. The zero-order valence-corrected chi connectivity index (χ0v) is 46.9. The Morgan fingerprint density at radius 1 is 0.654 bits per heavy atom. The lowest BCUT2D eigenvalue weighted by Gasteiger charge is -2.28. The van der Waals surface area contributed by atoms with Crippen LogP contribution in [0.2, 0.25) is 0 Å². The van der Waals surface area contributed by atoms with E-state index in [4.69, 9.17) is 29.9 Å². The Morgan fingerprint density at radius 2 is 1.07 bits per heavy atom. The quantitative estimate of drug-likeness (QED) is 0.0926. The van der Waals surface area contributed by atoms with Crippen LogP contribution in [0.4, 0.5) is 63.7 Å². The highest BCUT2D eigenvalue weighted by molar-refractivity contribution is 5.92. The molecule has 4 aliphatic heterocycles. The van der Waals surface area contributed by atoms with E-state index in [-0.39, 0.29) is 25.7 Å². The lowest BCUT2D eigenvalue weighted by molar-refractivity contribution is -0.144. The third-order valence-corrected chi connectivity index (χ3v) is 13.7. The number of rotatable bonds is 9. The topological polar surface area (TPSA) is 180 Å². The first-order chi connectivity index (χ1) is 38.2. The fourth-order valence-electron chi connectivity index (χ4n) is 9.72. The highest BCUT2D eigenvalue weighted by atomic mass is 19.4. The van der Waals surface area contributed by atoms with Crippen molar-refractivity contribution in [3.63, 3.8) is 0 Å². The number of nitrogens with zero attached hydrogens (tertiary/aromatic N) is 6. The number of hydrogen-bond donors (Lipinski definition) is 4. The van der Waals surface area contributed by atoms with Crippen molar-refractivity contribution >= 4 is 41.2 Å². The highest BCUT2D eigenvalue weighted by Gasteiger charge is 2.38. The Hall–Kier alpha value is -7.27. The van der Waals surface area contributed by atoms with Crippen LogP contribution in [-0.2, 0) is 14.2 Å². The molecule has 4 aromatic rings. The SMILES string of the molecule is Cc1ccc(NC(=O)N2CC[C@@H](CC(F)(F)F)C2)cc1-c1cc(C#CC(C)N)nc(N2CCOCC2)c1.Cc1ccc(NC(=O)N2CC[C@@H](CC(F)(F)F)C2)cc1-c1cc(C#CC(C)NC(=O)OC(C)(C)C)nc(N2CCOCC2)c1. The van der Waals surface area contributed by atoms with Gasteiger partial charge in [0.25, 0.3) is 0 Å². The van der Waals surface area contributed by atoms with Gasteiger partial charge in [0.05, 0.1) is 38.5 Å². The summed E-state index contributed by atoms with van der Waals surface area (Å²) in [6.45, 7) is 18.8. The van der Waals surface area contributed by atoms with Crippen LogP contribution in [0.5, 0.6) is 0 Å². The molecule has 22 heteroatoms. The van der Waals surface area contributed by atoms with E-state index in [0.29, 0.717) is 81.7 Å². The van der Waals surface area contributed by atoms with Gasteiger partial charge in [-0.1, -0.05) is 24.0 Å². The maximum Gasteiger partial charge on any atom is 0.408 e. The summed E-state index contributed by atoms with van der Waals surface area (Å²) in [4.78, 5) is 54.5. The standard InChI is InChI=1S/C32H40F3N5O4.C27H32F3N5O2/c1-21-6-8-26(38-29(41)40-11-10-23(20-40)19-32(33,34)35)18-27(21)24-16-25(37-28(17-24)39-12-14-43-15-13-39)9-7-22(2)36-30(42)44-31(3,4)5;1-18-3-5-23(33-26(36)35-8-7-20(17-35)16-27(28,29)30)15-24(18)21-13-22(6-4-19(2)31)32-25(14-21)34-9-11-37-12-10-34/h6,8,16-18,22-23H,10-15,19-20H2,1-5H3,(H,36,42)(H,38,41);3,5,13-15,19-20H,7-12,16-17,31H2,1-2H3,(H,33,36)/t22?,23-;19?,20-/m00/s1. The summed E-state index contributed by atoms with van der Waals surface area (Å²) < 4.78 is 93.0. The van der Waals surface area contributed by atoms with Gasteiger partial charge in [0.1, 0.15) is 28.6 Å². The van der Waals surface area contributed by atoms with Crippen molar-refractivity contribution in [2.45, 2.75) is 104 Å². The van der Waals surface area contributed by atoms with E-state index in [1.165, 1.54) is 9.80 Å². The Kier molecular flexibility index (Phi) is 20.4. The monoisotopic (exact) mass is 1130 g/mol. The van der Waals surface area contributed by atoms with Gasteiger partial charge in [-0.2, -0.15) is 26.3 Å². The number of benzene rings is 2. The maximum atomic E-state index is 12.9. The van der Waals surface area contributed by atoms with Crippen LogP contribution in [0, 0.1) is 49.4 Å². The molecule has 0 saturated carbocycles. The summed E-state index contributed by atoms with van der Waals surface area (Å²) in [5, 5.41) is 8.42. The van der Waals surface area contributed by atoms with E-state index in [1.807, 2.05) is 69.3 Å². The Morgan fingerprint density at radius 3 is 1.47 bits per heavy atom. The lowest BCUT2D eigenvalue weighted by atomic mass is 9.99. The van der Waals surface area contributed by atoms with Crippen molar-refractivity contribution in [2.24, 2.45) is 17.6 Å². The summed E-state index contributed by atoms with van der Waals surface area (Å²) in [7, 11) is 0. The number of carbonyl (C=O) groups is 3. The molecule has 8 rings (SSSR count). The lowest BCUT2D eigenvalue weighted by Crippen LogP contribution is -2.37. The minimum atomic E-state index is -4.25. The molecule has 0 radical (unpaired) electrons. The number of ether oxygens (including phenoxy) is 3. The van der Waals surface area contributed by atoms with Gasteiger partial charge in [0, 0.05) is 76.6 Å². The smallest absolute Gasteiger partial charge is 0.408 e. The molecule has 4 fully saturated rings. The summed E-state index contributed by atoms with van der Waals surface area (Å²) in [6.07, 6.45) is -10.1. The zero-order chi connectivity index (χ0) is 58.6. The van der Waals surface area contributed by atoms with Crippen molar-refractivity contribution in [1.82, 2.24) is 25.1 Å². The van der Waals surface area contributed by atoms with Gasteiger partial charge in [0.2, 0.25) is 0 Å². The second kappa shape index (κ2) is 27.0. The third kappa shape index (κ3) is 19.2. The summed E-state index contributed by atoms with van der Waals surface area (Å²) in [6, 6.07) is 17.2. The molecule has 5 N–H and O–H groups in total. The number of alkyl halides is 6. The Balaban J connectivity index is 0.000000237.